The van der Waals surface area contributed by atoms with Crippen molar-refractivity contribution in [1.29, 1.82) is 0 Å². The van der Waals surface area contributed by atoms with Gasteiger partial charge in [0, 0.05) is 63.0 Å². The highest BCUT2D eigenvalue weighted by atomic mass is 79.9. The van der Waals surface area contributed by atoms with Crippen LogP contribution in [0.2, 0.25) is 5.15 Å². The van der Waals surface area contributed by atoms with Crippen molar-refractivity contribution in [3.05, 3.63) is 147 Å². The number of fused-ring (bicyclic) bond motifs is 2. The second-order valence-corrected chi connectivity index (χ2v) is 14.4. The molecule has 0 fully saturated rings. The molecule has 0 saturated carbocycles. The predicted molar refractivity (Wildman–Crippen MR) is 211 cm³/mol. The van der Waals surface area contributed by atoms with Crippen LogP contribution in [0.15, 0.2) is 131 Å². The maximum atomic E-state index is 12.3. The molecular weight excluding hydrogens is 897 g/mol. The predicted octanol–water partition coefficient (Wildman–Crippen LogP) is 8.19. The zero-order valence-electron chi connectivity index (χ0n) is 29.3. The van der Waals surface area contributed by atoms with E-state index in [4.69, 9.17) is 16.6 Å². The zero-order chi connectivity index (χ0) is 40.1. The minimum absolute atomic E-state index is 0.252. The molecule has 0 amide bonds. The van der Waals surface area contributed by atoms with Crippen molar-refractivity contribution in [3.63, 3.8) is 0 Å². The van der Waals surface area contributed by atoms with Crippen LogP contribution in [0.1, 0.15) is 11.1 Å². The summed E-state index contributed by atoms with van der Waals surface area (Å²) >= 11 is 12.8. The molecule has 2 aromatic carbocycles. The van der Waals surface area contributed by atoms with Gasteiger partial charge in [-0.15, -0.1) is 0 Å². The number of anilines is 2. The number of nitrogens with zero attached hydrogens (tertiary/aromatic N) is 8. The second kappa shape index (κ2) is 17.0. The standard InChI is InChI=1S/C20H16BrF3N5O2.C18H14BrClN5O/c21-15-10-26-29-17(8-16(27-19(15)29)14-4-2-1-3-5-14)25-9-13-6-7-18(28(30)11-13)31-12-20(22,23)24;19-14-10-22-25-17(21-9-12-6-7-16(20)24(26)11-12)8-15(23-18(14)25)13-4-2-1-3-5-13/h1-8,10-11,25,30H,9,12H2;1-8,10-11,21,26H,9H2/q2*+1. The number of nitrogens with one attached hydrogen (secondary N) is 2. The normalized spacial score (nSPS) is 11.3. The number of pyridine rings is 2. The Bertz CT molecular complexity index is 2670. The van der Waals surface area contributed by atoms with E-state index in [2.05, 4.69) is 62.4 Å². The largest absolute Gasteiger partial charge is 0.432 e. The number of rotatable bonds is 10. The molecule has 0 atom stereocenters. The van der Waals surface area contributed by atoms with Crippen LogP contribution < -0.4 is 24.8 Å². The maximum absolute atomic E-state index is 12.3. The van der Waals surface area contributed by atoms with Crippen LogP contribution in [0.5, 0.6) is 5.88 Å². The SMILES string of the molecule is O[n+]1cc(CNc2cc(-c3ccccc3)nc3c(Br)cnn23)ccc1Cl.O[n+]1cc(CNc2cc(-c3ccccc3)nc3c(Br)cnn23)ccc1OCC(F)(F)F. The Morgan fingerprint density at radius 2 is 1.16 bits per heavy atom. The molecule has 0 aliphatic heterocycles. The lowest BCUT2D eigenvalue weighted by molar-refractivity contribution is -0.906. The van der Waals surface area contributed by atoms with E-state index >= 15 is 0 Å². The fourth-order valence-corrected chi connectivity index (χ4v) is 6.34. The molecule has 0 aliphatic carbocycles. The Morgan fingerprint density at radius 1 is 0.684 bits per heavy atom. The molecule has 57 heavy (non-hydrogen) atoms. The Balaban J connectivity index is 0.000000177. The van der Waals surface area contributed by atoms with Gasteiger partial charge in [-0.1, -0.05) is 60.7 Å². The third-order valence-corrected chi connectivity index (χ3v) is 9.64. The van der Waals surface area contributed by atoms with Crippen molar-refractivity contribution in [3.8, 4) is 28.4 Å². The van der Waals surface area contributed by atoms with Crippen molar-refractivity contribution in [2.75, 3.05) is 17.2 Å². The van der Waals surface area contributed by atoms with Crippen LogP contribution in [0.4, 0.5) is 24.8 Å². The highest BCUT2D eigenvalue weighted by molar-refractivity contribution is 9.11. The quantitative estimate of drug-likeness (QED) is 0.0607. The number of alkyl halides is 3. The van der Waals surface area contributed by atoms with Crippen molar-refractivity contribution < 1.29 is 37.8 Å². The van der Waals surface area contributed by atoms with Gasteiger partial charge in [-0.3, -0.25) is 10.4 Å². The summed E-state index contributed by atoms with van der Waals surface area (Å²) in [5.74, 6) is 1.13. The molecule has 8 rings (SSSR count). The molecule has 0 saturated heterocycles. The van der Waals surface area contributed by atoms with Gasteiger partial charge < -0.3 is 15.4 Å². The smallest absolute Gasteiger partial charge is 0.422 e. The molecule has 6 aromatic heterocycles. The lowest BCUT2D eigenvalue weighted by Gasteiger charge is -2.11. The summed E-state index contributed by atoms with van der Waals surface area (Å²) in [4.78, 5) is 9.35. The molecule has 0 bridgehead atoms. The summed E-state index contributed by atoms with van der Waals surface area (Å²) in [6.07, 6.45) is 1.69. The number of hydrogen-bond donors (Lipinski definition) is 4. The average Bonchev–Trinajstić information content (AvgIpc) is 3.79. The molecule has 4 N–H and O–H groups in total. The highest BCUT2D eigenvalue weighted by Crippen LogP contribution is 2.28. The fourth-order valence-electron chi connectivity index (χ4n) is 5.53. The first-order valence-electron chi connectivity index (χ1n) is 16.9. The number of benzene rings is 2. The first-order valence-corrected chi connectivity index (χ1v) is 18.9. The molecule has 0 unspecified atom stereocenters. The number of aromatic nitrogens is 8. The van der Waals surface area contributed by atoms with E-state index in [1.165, 1.54) is 12.3 Å². The topological polar surface area (TPSA) is 142 Å². The van der Waals surface area contributed by atoms with Crippen LogP contribution in [0.25, 0.3) is 33.8 Å². The molecule has 13 nitrogen and oxygen atoms in total. The Morgan fingerprint density at radius 3 is 1.61 bits per heavy atom. The van der Waals surface area contributed by atoms with Crippen LogP contribution >= 0.6 is 43.5 Å². The van der Waals surface area contributed by atoms with Gasteiger partial charge in [-0.2, -0.15) is 32.4 Å². The first kappa shape index (κ1) is 39.3. The molecule has 19 heteroatoms. The minimum atomic E-state index is -4.49. The average molecular weight is 927 g/mol. The van der Waals surface area contributed by atoms with Crippen LogP contribution in [-0.4, -0.2) is 52.4 Å². The van der Waals surface area contributed by atoms with Gasteiger partial charge >= 0.3 is 17.2 Å². The second-order valence-electron chi connectivity index (χ2n) is 12.3. The van der Waals surface area contributed by atoms with Crippen molar-refractivity contribution in [2.45, 2.75) is 19.3 Å². The van der Waals surface area contributed by atoms with E-state index in [1.54, 1.807) is 39.8 Å². The van der Waals surface area contributed by atoms with Gasteiger partial charge in [-0.25, -0.2) is 9.97 Å². The Hall–Kier alpha value is -5.98. The van der Waals surface area contributed by atoms with E-state index in [1.807, 2.05) is 78.9 Å². The van der Waals surface area contributed by atoms with E-state index < -0.39 is 12.8 Å². The maximum Gasteiger partial charge on any atom is 0.422 e. The summed E-state index contributed by atoms with van der Waals surface area (Å²) < 4.78 is 47.8. The third-order valence-electron chi connectivity index (χ3n) is 8.22. The van der Waals surface area contributed by atoms with Crippen molar-refractivity contribution >= 4 is 66.4 Å². The van der Waals surface area contributed by atoms with E-state index in [0.29, 0.717) is 28.3 Å². The molecule has 290 valence electrons. The summed E-state index contributed by atoms with van der Waals surface area (Å²) in [5, 5.41) is 35.1. The lowest BCUT2D eigenvalue weighted by atomic mass is 10.1. The highest BCUT2D eigenvalue weighted by Gasteiger charge is 2.30. The molecule has 0 spiro atoms. The van der Waals surface area contributed by atoms with Gasteiger partial charge in [0.2, 0.25) is 12.4 Å². The Kier molecular flexibility index (Phi) is 11.7. The van der Waals surface area contributed by atoms with Crippen molar-refractivity contribution in [1.82, 2.24) is 29.2 Å². The molecule has 6 heterocycles. The zero-order valence-corrected chi connectivity index (χ0v) is 33.2. The van der Waals surface area contributed by atoms with Gasteiger partial charge in [-0.05, 0) is 55.6 Å². The molecule has 8 aromatic rings. The van der Waals surface area contributed by atoms with Gasteiger partial charge in [0.25, 0.3) is 0 Å². The monoisotopic (exact) mass is 924 g/mol. The first-order chi connectivity index (χ1) is 27.4. The van der Waals surface area contributed by atoms with Crippen LogP contribution in [0, 0.1) is 0 Å². The Labute approximate surface area is 343 Å². The summed E-state index contributed by atoms with van der Waals surface area (Å²) in [6, 6.07) is 29.7. The molecule has 0 radical (unpaired) electrons. The summed E-state index contributed by atoms with van der Waals surface area (Å²) in [6.45, 7) is -0.732. The summed E-state index contributed by atoms with van der Waals surface area (Å²) in [7, 11) is 0. The molecular formula is C38H30Br2ClF3N10O3+2. The summed E-state index contributed by atoms with van der Waals surface area (Å²) in [5.41, 5.74) is 6.36. The van der Waals surface area contributed by atoms with Crippen LogP contribution in [-0.2, 0) is 13.1 Å². The van der Waals surface area contributed by atoms with E-state index in [9.17, 15) is 23.6 Å². The van der Waals surface area contributed by atoms with Gasteiger partial charge in [0.05, 0.1) is 38.8 Å². The van der Waals surface area contributed by atoms with Crippen molar-refractivity contribution in [2.24, 2.45) is 0 Å². The van der Waals surface area contributed by atoms with E-state index in [-0.39, 0.29) is 17.6 Å². The lowest BCUT2D eigenvalue weighted by Crippen LogP contribution is -2.35. The van der Waals surface area contributed by atoms with Crippen LogP contribution in [0.3, 0.4) is 0 Å². The molecule has 0 aliphatic rings. The van der Waals surface area contributed by atoms with Gasteiger partial charge in [0.15, 0.2) is 17.9 Å². The third kappa shape index (κ3) is 9.53. The fraction of sp³-hybridized carbons (Fsp3) is 0.105. The number of hydrogen-bond acceptors (Lipinski definition) is 9. The van der Waals surface area contributed by atoms with Gasteiger partial charge in [0.1, 0.15) is 11.6 Å². The minimum Gasteiger partial charge on any atom is -0.432 e. The number of ether oxygens (including phenoxy) is 1. The number of halogens is 6. The van der Waals surface area contributed by atoms with E-state index in [0.717, 1.165) is 53.2 Å².